The number of ether oxygens (including phenoxy) is 1. The fourth-order valence-electron chi connectivity index (χ4n) is 3.76. The minimum absolute atomic E-state index is 0.226. The summed E-state index contributed by atoms with van der Waals surface area (Å²) in [6, 6.07) is 17.9. The molecule has 174 valence electrons. The number of carbonyl (C=O) groups excluding carboxylic acids is 1. The van der Waals surface area contributed by atoms with Crippen LogP contribution in [-0.4, -0.2) is 45.0 Å². The third-order valence-corrected chi connectivity index (χ3v) is 8.09. The molecule has 1 saturated heterocycles. The van der Waals surface area contributed by atoms with E-state index < -0.39 is 10.0 Å². The van der Waals surface area contributed by atoms with Crippen molar-refractivity contribution in [2.45, 2.75) is 30.3 Å². The van der Waals surface area contributed by atoms with Crippen LogP contribution in [0.3, 0.4) is 0 Å². The number of hydrogen-bond acceptors (Lipinski definition) is 6. The van der Waals surface area contributed by atoms with Gasteiger partial charge in [0, 0.05) is 37.4 Å². The van der Waals surface area contributed by atoms with Gasteiger partial charge in [-0.2, -0.15) is 0 Å². The van der Waals surface area contributed by atoms with Crippen molar-refractivity contribution in [2.75, 3.05) is 24.4 Å². The lowest BCUT2D eigenvalue weighted by atomic mass is 10.1. The molecule has 2 aromatic carbocycles. The summed E-state index contributed by atoms with van der Waals surface area (Å²) in [5.41, 5.74) is 2.94. The Morgan fingerprint density at radius 1 is 1.12 bits per heavy atom. The summed E-state index contributed by atoms with van der Waals surface area (Å²) in [7, 11) is -3.66. The summed E-state index contributed by atoms with van der Waals surface area (Å²) in [5, 5.41) is 4.63. The molecule has 0 saturated carbocycles. The van der Waals surface area contributed by atoms with Crippen molar-refractivity contribution in [1.82, 2.24) is 10.2 Å². The number of nitrogens with one attached hydrogen (secondary N) is 2. The topological polar surface area (TPSA) is 87.7 Å². The number of anilines is 1. The second kappa shape index (κ2) is 10.5. The molecule has 1 aromatic heterocycles. The van der Waals surface area contributed by atoms with Gasteiger partial charge in [0.2, 0.25) is 0 Å². The summed E-state index contributed by atoms with van der Waals surface area (Å²) >= 11 is 1.14. The zero-order valence-electron chi connectivity index (χ0n) is 18.4. The lowest BCUT2D eigenvalue weighted by Gasteiger charge is -2.31. The third kappa shape index (κ3) is 6.42. The number of thiophene rings is 1. The van der Waals surface area contributed by atoms with Crippen LogP contribution in [0.4, 0.5) is 5.69 Å². The van der Waals surface area contributed by atoms with E-state index in [1.54, 1.807) is 29.6 Å². The highest BCUT2D eigenvalue weighted by atomic mass is 32.2. The minimum atomic E-state index is -3.66. The highest BCUT2D eigenvalue weighted by molar-refractivity contribution is 7.94. The van der Waals surface area contributed by atoms with Crippen molar-refractivity contribution in [1.29, 1.82) is 0 Å². The zero-order chi connectivity index (χ0) is 23.3. The lowest BCUT2D eigenvalue weighted by molar-refractivity contribution is -0.0212. The van der Waals surface area contributed by atoms with Crippen molar-refractivity contribution >= 4 is 33.0 Å². The monoisotopic (exact) mass is 485 g/mol. The van der Waals surface area contributed by atoms with Gasteiger partial charge in [-0.05, 0) is 47.7 Å². The largest absolute Gasteiger partial charge is 0.376 e. The van der Waals surface area contributed by atoms with E-state index in [9.17, 15) is 13.2 Å². The Morgan fingerprint density at radius 3 is 2.73 bits per heavy atom. The molecule has 7 nitrogen and oxygen atoms in total. The molecule has 1 amide bonds. The maximum absolute atomic E-state index is 12.7. The van der Waals surface area contributed by atoms with Gasteiger partial charge in [-0.1, -0.05) is 36.4 Å². The Bertz CT molecular complexity index is 1200. The molecule has 9 heteroatoms. The molecule has 1 aliphatic heterocycles. The highest BCUT2D eigenvalue weighted by Crippen LogP contribution is 2.21. The fourth-order valence-corrected chi connectivity index (χ4v) is 5.80. The molecular weight excluding hydrogens is 458 g/mol. The molecule has 0 aliphatic carbocycles. The van der Waals surface area contributed by atoms with Gasteiger partial charge in [-0.3, -0.25) is 14.4 Å². The number of benzene rings is 2. The van der Waals surface area contributed by atoms with Gasteiger partial charge in [-0.25, -0.2) is 8.42 Å². The van der Waals surface area contributed by atoms with Crippen LogP contribution in [0, 0.1) is 0 Å². The smallest absolute Gasteiger partial charge is 0.271 e. The van der Waals surface area contributed by atoms with Gasteiger partial charge < -0.3 is 10.1 Å². The Balaban J connectivity index is 1.36. The van der Waals surface area contributed by atoms with Gasteiger partial charge in [0.25, 0.3) is 15.9 Å². The zero-order valence-corrected chi connectivity index (χ0v) is 20.0. The van der Waals surface area contributed by atoms with Crippen molar-refractivity contribution in [3.8, 4) is 0 Å². The normalized spacial score (nSPS) is 16.9. The molecular formula is C24H27N3O4S2. The molecule has 3 aromatic rings. The number of hydrogen-bond donors (Lipinski definition) is 2. The first-order chi connectivity index (χ1) is 15.9. The molecule has 0 spiro atoms. The number of morpholine rings is 1. The van der Waals surface area contributed by atoms with Crippen molar-refractivity contribution in [3.05, 3.63) is 82.7 Å². The van der Waals surface area contributed by atoms with E-state index in [0.717, 1.165) is 43.1 Å². The number of nitrogens with zero attached hydrogens (tertiary/aromatic N) is 1. The number of amides is 1. The van der Waals surface area contributed by atoms with Crippen LogP contribution in [0.2, 0.25) is 0 Å². The Labute approximate surface area is 198 Å². The standard InChI is InChI=1S/C24H27N3O4S2/c1-18-16-27(10-11-31-18)17-20-6-2-5-19(13-20)15-25-24(28)21-7-3-8-22(14-21)26-33(29,30)23-9-4-12-32-23/h2-9,12-14,18,26H,10-11,15-17H2,1H3,(H,25,28). The average Bonchev–Trinajstić information content (AvgIpc) is 3.34. The van der Waals surface area contributed by atoms with Crippen molar-refractivity contribution in [3.63, 3.8) is 0 Å². The summed E-state index contributed by atoms with van der Waals surface area (Å²) in [4.78, 5) is 15.1. The number of rotatable bonds is 8. The van der Waals surface area contributed by atoms with Gasteiger partial charge in [0.15, 0.2) is 0 Å². The van der Waals surface area contributed by atoms with E-state index in [1.165, 1.54) is 17.7 Å². The first-order valence-electron chi connectivity index (χ1n) is 10.8. The molecule has 1 unspecified atom stereocenters. The van der Waals surface area contributed by atoms with Crippen LogP contribution in [0.25, 0.3) is 0 Å². The predicted molar refractivity (Wildman–Crippen MR) is 130 cm³/mol. The number of sulfonamides is 1. The molecule has 4 rings (SSSR count). The first kappa shape index (κ1) is 23.4. The van der Waals surface area contributed by atoms with E-state index in [2.05, 4.69) is 34.0 Å². The minimum Gasteiger partial charge on any atom is -0.376 e. The SMILES string of the molecule is CC1CN(Cc2cccc(CNC(=O)c3cccc(NS(=O)(=O)c4cccs4)c3)c2)CCO1. The molecule has 2 heterocycles. The van der Waals surface area contributed by atoms with E-state index >= 15 is 0 Å². The summed E-state index contributed by atoms with van der Waals surface area (Å²) in [6.07, 6.45) is 0.242. The molecule has 1 fully saturated rings. The van der Waals surface area contributed by atoms with Crippen LogP contribution in [0.1, 0.15) is 28.4 Å². The molecule has 1 aliphatic rings. The predicted octanol–water partition coefficient (Wildman–Crippen LogP) is 3.70. The Hall–Kier alpha value is -2.72. The first-order valence-corrected chi connectivity index (χ1v) is 13.1. The van der Waals surface area contributed by atoms with Gasteiger partial charge in [-0.15, -0.1) is 11.3 Å². The van der Waals surface area contributed by atoms with E-state index in [0.29, 0.717) is 17.8 Å². The second-order valence-corrected chi connectivity index (χ2v) is 10.9. The summed E-state index contributed by atoms with van der Waals surface area (Å²) in [5.74, 6) is -0.264. The van der Waals surface area contributed by atoms with Crippen LogP contribution in [-0.2, 0) is 27.8 Å². The van der Waals surface area contributed by atoms with Crippen molar-refractivity contribution in [2.24, 2.45) is 0 Å². The highest BCUT2D eigenvalue weighted by Gasteiger charge is 2.17. The molecule has 0 bridgehead atoms. The summed E-state index contributed by atoms with van der Waals surface area (Å²) < 4.78 is 33.2. The average molecular weight is 486 g/mol. The van der Waals surface area contributed by atoms with Gasteiger partial charge >= 0.3 is 0 Å². The Kier molecular flexibility index (Phi) is 7.44. The molecule has 1 atom stereocenters. The fraction of sp³-hybridized carbons (Fsp3) is 0.292. The second-order valence-electron chi connectivity index (χ2n) is 8.04. The van der Waals surface area contributed by atoms with Crippen LogP contribution in [0.5, 0.6) is 0 Å². The maximum atomic E-state index is 12.7. The van der Waals surface area contributed by atoms with Gasteiger partial charge in [0.05, 0.1) is 12.7 Å². The van der Waals surface area contributed by atoms with Crippen molar-refractivity contribution < 1.29 is 17.9 Å². The summed E-state index contributed by atoms with van der Waals surface area (Å²) in [6.45, 7) is 5.89. The van der Waals surface area contributed by atoms with Crippen LogP contribution in [0.15, 0.2) is 70.3 Å². The van der Waals surface area contributed by atoms with Crippen LogP contribution < -0.4 is 10.0 Å². The maximum Gasteiger partial charge on any atom is 0.271 e. The third-order valence-electron chi connectivity index (χ3n) is 5.31. The van der Waals surface area contributed by atoms with Gasteiger partial charge in [0.1, 0.15) is 4.21 Å². The molecule has 33 heavy (non-hydrogen) atoms. The van der Waals surface area contributed by atoms with E-state index in [1.807, 2.05) is 12.1 Å². The van der Waals surface area contributed by atoms with E-state index in [4.69, 9.17) is 4.74 Å². The lowest BCUT2D eigenvalue weighted by Crippen LogP contribution is -2.40. The Morgan fingerprint density at radius 2 is 1.94 bits per heavy atom. The van der Waals surface area contributed by atoms with Crippen LogP contribution >= 0.6 is 11.3 Å². The molecule has 2 N–H and O–H groups in total. The van der Waals surface area contributed by atoms with E-state index in [-0.39, 0.29) is 16.2 Å². The molecule has 0 radical (unpaired) electrons. The quantitative estimate of drug-likeness (QED) is 0.508. The number of carbonyl (C=O) groups is 1.